The van der Waals surface area contributed by atoms with Gasteiger partial charge in [-0.05, 0) is 31.7 Å². The quantitative estimate of drug-likeness (QED) is 0.747. The van der Waals surface area contributed by atoms with Gasteiger partial charge in [-0.3, -0.25) is 14.5 Å². The summed E-state index contributed by atoms with van der Waals surface area (Å²) < 4.78 is 0. The van der Waals surface area contributed by atoms with Gasteiger partial charge in [-0.25, -0.2) is 0 Å². The van der Waals surface area contributed by atoms with Gasteiger partial charge in [-0.15, -0.1) is 0 Å². The second kappa shape index (κ2) is 6.51. The van der Waals surface area contributed by atoms with Crippen LogP contribution in [0.1, 0.15) is 52.4 Å². The first-order chi connectivity index (χ1) is 9.13. The number of likely N-dealkylation sites (tertiary alicyclic amines) is 1. The SMILES string of the molecule is CCCNC(CN1C(=O)CC(C)C1=O)C1CCCC1. The Balaban J connectivity index is 1.98. The van der Waals surface area contributed by atoms with Gasteiger partial charge >= 0.3 is 0 Å². The highest BCUT2D eigenvalue weighted by Gasteiger charge is 2.38. The van der Waals surface area contributed by atoms with Crippen molar-refractivity contribution >= 4 is 11.8 Å². The van der Waals surface area contributed by atoms with E-state index in [2.05, 4.69) is 12.2 Å². The Bertz CT molecular complexity index is 337. The van der Waals surface area contributed by atoms with Crippen molar-refractivity contribution in [2.75, 3.05) is 13.1 Å². The fraction of sp³-hybridized carbons (Fsp3) is 0.867. The van der Waals surface area contributed by atoms with Crippen LogP contribution in [0.5, 0.6) is 0 Å². The molecule has 0 radical (unpaired) electrons. The van der Waals surface area contributed by atoms with E-state index >= 15 is 0 Å². The molecule has 0 aromatic rings. The summed E-state index contributed by atoms with van der Waals surface area (Å²) in [4.78, 5) is 25.4. The third-order valence-electron chi connectivity index (χ3n) is 4.47. The molecule has 4 nitrogen and oxygen atoms in total. The largest absolute Gasteiger partial charge is 0.312 e. The van der Waals surface area contributed by atoms with E-state index in [-0.39, 0.29) is 17.7 Å². The average molecular weight is 266 g/mol. The van der Waals surface area contributed by atoms with Crippen molar-refractivity contribution in [1.82, 2.24) is 10.2 Å². The lowest BCUT2D eigenvalue weighted by atomic mass is 9.97. The topological polar surface area (TPSA) is 49.4 Å². The molecule has 0 aromatic heterocycles. The molecule has 2 atom stereocenters. The van der Waals surface area contributed by atoms with Crippen molar-refractivity contribution in [2.45, 2.75) is 58.4 Å². The van der Waals surface area contributed by atoms with Crippen LogP contribution in [0.4, 0.5) is 0 Å². The van der Waals surface area contributed by atoms with E-state index in [0.29, 0.717) is 24.9 Å². The molecule has 19 heavy (non-hydrogen) atoms. The molecule has 2 fully saturated rings. The Labute approximate surface area is 115 Å². The lowest BCUT2D eigenvalue weighted by molar-refractivity contribution is -0.139. The van der Waals surface area contributed by atoms with Crippen LogP contribution in [-0.4, -0.2) is 35.8 Å². The molecule has 1 heterocycles. The highest BCUT2D eigenvalue weighted by Crippen LogP contribution is 2.29. The van der Waals surface area contributed by atoms with Crippen LogP contribution in [0.3, 0.4) is 0 Å². The zero-order valence-electron chi connectivity index (χ0n) is 12.2. The molecule has 0 bridgehead atoms. The zero-order valence-corrected chi connectivity index (χ0v) is 12.2. The van der Waals surface area contributed by atoms with Crippen LogP contribution in [0.25, 0.3) is 0 Å². The molecule has 108 valence electrons. The molecule has 2 amide bonds. The van der Waals surface area contributed by atoms with Gasteiger partial charge in [-0.1, -0.05) is 26.7 Å². The summed E-state index contributed by atoms with van der Waals surface area (Å²) in [6.07, 6.45) is 6.51. The smallest absolute Gasteiger partial charge is 0.232 e. The Morgan fingerprint density at radius 1 is 1.32 bits per heavy atom. The zero-order chi connectivity index (χ0) is 13.8. The summed E-state index contributed by atoms with van der Waals surface area (Å²) in [5.74, 6) is 0.538. The molecule has 2 rings (SSSR count). The van der Waals surface area contributed by atoms with Crippen molar-refractivity contribution in [3.8, 4) is 0 Å². The highest BCUT2D eigenvalue weighted by molar-refractivity contribution is 6.03. The third-order valence-corrected chi connectivity index (χ3v) is 4.47. The van der Waals surface area contributed by atoms with Gasteiger partial charge < -0.3 is 5.32 Å². The number of hydrogen-bond acceptors (Lipinski definition) is 3. The monoisotopic (exact) mass is 266 g/mol. The Hall–Kier alpha value is -0.900. The van der Waals surface area contributed by atoms with E-state index < -0.39 is 0 Å². The van der Waals surface area contributed by atoms with Gasteiger partial charge in [-0.2, -0.15) is 0 Å². The molecule has 1 saturated carbocycles. The van der Waals surface area contributed by atoms with Gasteiger partial charge in [0.05, 0.1) is 0 Å². The molecular formula is C15H26N2O2. The van der Waals surface area contributed by atoms with Crippen LogP contribution < -0.4 is 5.32 Å². The molecule has 2 unspecified atom stereocenters. The van der Waals surface area contributed by atoms with Crippen LogP contribution in [0.2, 0.25) is 0 Å². The molecule has 1 aliphatic carbocycles. The first-order valence-electron chi connectivity index (χ1n) is 7.71. The van der Waals surface area contributed by atoms with Crippen LogP contribution in [0, 0.1) is 11.8 Å². The number of carbonyl (C=O) groups excluding carboxylic acids is 2. The number of imide groups is 1. The summed E-state index contributed by atoms with van der Waals surface area (Å²) in [6, 6.07) is 0.292. The molecule has 0 aromatic carbocycles. The van der Waals surface area contributed by atoms with E-state index in [1.807, 2.05) is 6.92 Å². The van der Waals surface area contributed by atoms with Gasteiger partial charge in [0.15, 0.2) is 0 Å². The summed E-state index contributed by atoms with van der Waals surface area (Å²) in [6.45, 7) is 5.54. The van der Waals surface area contributed by atoms with Crippen LogP contribution in [-0.2, 0) is 9.59 Å². The first-order valence-corrected chi connectivity index (χ1v) is 7.71. The minimum absolute atomic E-state index is 0.0128. The maximum atomic E-state index is 12.0. The number of nitrogens with zero attached hydrogens (tertiary/aromatic N) is 1. The maximum absolute atomic E-state index is 12.0. The molecule has 0 spiro atoms. The summed E-state index contributed by atoms with van der Waals surface area (Å²) in [7, 11) is 0. The predicted molar refractivity (Wildman–Crippen MR) is 74.5 cm³/mol. The normalized spacial score (nSPS) is 26.4. The number of rotatable bonds is 6. The van der Waals surface area contributed by atoms with Gasteiger partial charge in [0.2, 0.25) is 11.8 Å². The fourth-order valence-electron chi connectivity index (χ4n) is 3.31. The van der Waals surface area contributed by atoms with E-state index in [0.717, 1.165) is 13.0 Å². The molecule has 1 aliphatic heterocycles. The lowest BCUT2D eigenvalue weighted by Crippen LogP contribution is -2.47. The summed E-state index contributed by atoms with van der Waals surface area (Å²) >= 11 is 0. The highest BCUT2D eigenvalue weighted by atomic mass is 16.2. The average Bonchev–Trinajstić information content (AvgIpc) is 2.98. The summed E-state index contributed by atoms with van der Waals surface area (Å²) in [5.41, 5.74) is 0. The van der Waals surface area contributed by atoms with Gasteiger partial charge in [0.25, 0.3) is 0 Å². The maximum Gasteiger partial charge on any atom is 0.232 e. The second-order valence-electron chi connectivity index (χ2n) is 6.05. The minimum atomic E-state index is -0.122. The molecule has 1 saturated heterocycles. The van der Waals surface area contributed by atoms with Crippen molar-refractivity contribution in [3.05, 3.63) is 0 Å². The first kappa shape index (κ1) is 14.5. The van der Waals surface area contributed by atoms with Crippen LogP contribution in [0.15, 0.2) is 0 Å². The van der Waals surface area contributed by atoms with Crippen molar-refractivity contribution in [3.63, 3.8) is 0 Å². The van der Waals surface area contributed by atoms with Gasteiger partial charge in [0.1, 0.15) is 0 Å². The molecule has 2 aliphatic rings. The summed E-state index contributed by atoms with van der Waals surface area (Å²) in [5, 5.41) is 3.55. The van der Waals surface area contributed by atoms with Crippen molar-refractivity contribution in [2.24, 2.45) is 11.8 Å². The van der Waals surface area contributed by atoms with E-state index in [4.69, 9.17) is 0 Å². The minimum Gasteiger partial charge on any atom is -0.312 e. The Morgan fingerprint density at radius 3 is 2.53 bits per heavy atom. The number of carbonyl (C=O) groups is 2. The lowest BCUT2D eigenvalue weighted by Gasteiger charge is -2.28. The van der Waals surface area contributed by atoms with Crippen LogP contribution >= 0.6 is 0 Å². The molecule has 4 heteroatoms. The third kappa shape index (κ3) is 3.35. The van der Waals surface area contributed by atoms with E-state index in [1.165, 1.54) is 30.6 Å². The van der Waals surface area contributed by atoms with Gasteiger partial charge in [0, 0.05) is 24.9 Å². The standard InChI is InChI=1S/C15H26N2O2/c1-3-8-16-13(12-6-4-5-7-12)10-17-14(18)9-11(2)15(17)19/h11-13,16H,3-10H2,1-2H3. The van der Waals surface area contributed by atoms with Crippen molar-refractivity contribution < 1.29 is 9.59 Å². The molecular weight excluding hydrogens is 240 g/mol. The molecule has 1 N–H and O–H groups in total. The number of amides is 2. The van der Waals surface area contributed by atoms with Crippen molar-refractivity contribution in [1.29, 1.82) is 0 Å². The Kier molecular flexibility index (Phi) is 4.97. The second-order valence-corrected chi connectivity index (χ2v) is 6.05. The fourth-order valence-corrected chi connectivity index (χ4v) is 3.31. The van der Waals surface area contributed by atoms with E-state index in [1.54, 1.807) is 0 Å². The number of hydrogen-bond donors (Lipinski definition) is 1. The Morgan fingerprint density at radius 2 is 2.00 bits per heavy atom. The number of nitrogens with one attached hydrogen (secondary N) is 1. The van der Waals surface area contributed by atoms with E-state index in [9.17, 15) is 9.59 Å². The predicted octanol–water partition coefficient (Wildman–Crippen LogP) is 1.94.